The fourth-order valence-electron chi connectivity index (χ4n) is 3.78. The number of hydrogen-bond acceptors (Lipinski definition) is 5. The summed E-state index contributed by atoms with van der Waals surface area (Å²) in [6, 6.07) is 7.34. The lowest BCUT2D eigenvalue weighted by atomic mass is 10.0. The van der Waals surface area contributed by atoms with E-state index in [1.807, 2.05) is 43.0 Å². The number of ether oxygens (including phenoxy) is 1. The molecule has 3 rings (SSSR count). The molecule has 0 aliphatic carbocycles. The van der Waals surface area contributed by atoms with Crippen molar-refractivity contribution in [1.29, 1.82) is 0 Å². The number of nitrogens with zero attached hydrogens (tertiary/aromatic N) is 2. The van der Waals surface area contributed by atoms with Crippen molar-refractivity contribution in [1.82, 2.24) is 15.5 Å². The maximum atomic E-state index is 12.7. The number of urea groups is 1. The van der Waals surface area contributed by atoms with Crippen molar-refractivity contribution in [2.24, 2.45) is 4.40 Å². The van der Waals surface area contributed by atoms with E-state index in [-0.39, 0.29) is 17.0 Å². The Morgan fingerprint density at radius 2 is 1.87 bits per heavy atom. The highest BCUT2D eigenvalue weighted by Gasteiger charge is 2.34. The Kier molecular flexibility index (Phi) is 7.14. The summed E-state index contributed by atoms with van der Waals surface area (Å²) in [6.45, 7) is 6.24. The number of amidine groups is 1. The second kappa shape index (κ2) is 9.61. The largest absolute Gasteiger partial charge is 0.385 e. The molecule has 1 aromatic carbocycles. The quantitative estimate of drug-likeness (QED) is 0.669. The van der Waals surface area contributed by atoms with E-state index in [1.54, 1.807) is 7.11 Å². The van der Waals surface area contributed by atoms with Crippen molar-refractivity contribution in [3.63, 3.8) is 0 Å². The van der Waals surface area contributed by atoms with Crippen LogP contribution in [-0.2, 0) is 14.8 Å². The molecule has 0 bridgehead atoms. The first-order valence-electron chi connectivity index (χ1n) is 10.2. The number of hydrogen-bond donors (Lipinski definition) is 2. The fraction of sp³-hybridized carbons (Fsp3) is 0.524. The molecule has 2 aliphatic heterocycles. The zero-order valence-electron chi connectivity index (χ0n) is 17.8. The van der Waals surface area contributed by atoms with Gasteiger partial charge in [-0.1, -0.05) is 29.8 Å². The minimum Gasteiger partial charge on any atom is -0.385 e. The van der Waals surface area contributed by atoms with Crippen molar-refractivity contribution in [2.45, 2.75) is 39.2 Å². The molecule has 2 heterocycles. The van der Waals surface area contributed by atoms with Crippen LogP contribution in [0.15, 0.2) is 34.2 Å². The smallest absolute Gasteiger partial charge is 0.315 e. The minimum absolute atomic E-state index is 0.0585. The third-order valence-electron chi connectivity index (χ3n) is 5.39. The number of sulfonamides is 1. The highest BCUT2D eigenvalue weighted by Crippen LogP contribution is 2.34. The second-order valence-electron chi connectivity index (χ2n) is 7.72. The molecule has 0 unspecified atom stereocenters. The van der Waals surface area contributed by atoms with E-state index >= 15 is 0 Å². The summed E-state index contributed by atoms with van der Waals surface area (Å²) in [7, 11) is -2.08. The molecule has 2 amide bonds. The molecule has 0 atom stereocenters. The van der Waals surface area contributed by atoms with E-state index in [4.69, 9.17) is 4.74 Å². The lowest BCUT2D eigenvalue weighted by Gasteiger charge is -2.33. The van der Waals surface area contributed by atoms with Gasteiger partial charge in [-0.05, 0) is 38.7 Å². The number of aryl methyl sites for hydroxylation is 1. The Morgan fingerprint density at radius 3 is 2.50 bits per heavy atom. The zero-order valence-corrected chi connectivity index (χ0v) is 18.6. The van der Waals surface area contributed by atoms with Gasteiger partial charge in [0, 0.05) is 45.0 Å². The number of carbonyl (C=O) groups excluding carboxylic acids is 1. The van der Waals surface area contributed by atoms with Crippen LogP contribution in [0.2, 0.25) is 0 Å². The molecule has 0 radical (unpaired) electrons. The van der Waals surface area contributed by atoms with Crippen LogP contribution in [0, 0.1) is 6.92 Å². The Morgan fingerprint density at radius 1 is 1.20 bits per heavy atom. The molecule has 2 aliphatic rings. The fourth-order valence-corrected chi connectivity index (χ4v) is 5.26. The van der Waals surface area contributed by atoms with E-state index < -0.39 is 10.0 Å². The first-order chi connectivity index (χ1) is 14.3. The summed E-state index contributed by atoms with van der Waals surface area (Å²) in [4.78, 5) is 14.3. The molecule has 1 saturated heterocycles. The Hall–Kier alpha value is -2.39. The maximum absolute atomic E-state index is 12.7. The van der Waals surface area contributed by atoms with Gasteiger partial charge in [0.15, 0.2) is 0 Å². The number of nitrogens with one attached hydrogen (secondary N) is 2. The standard InChI is InChI=1S/C21H30N4O4S/c1-15-5-7-17(8-6-15)19-16(2)20(24-30(19,27)28)25-12-9-18(10-13-25)23-21(26)22-11-4-14-29-3/h5-8,18H,4,9-14H2,1-3H3,(H2,22,23,26). The third kappa shape index (κ3) is 5.20. The number of likely N-dealkylation sites (tertiary alicyclic amines) is 1. The molecule has 8 nitrogen and oxygen atoms in total. The van der Waals surface area contributed by atoms with Crippen LogP contribution in [-0.4, -0.2) is 64.6 Å². The van der Waals surface area contributed by atoms with Gasteiger partial charge in [0.2, 0.25) is 0 Å². The van der Waals surface area contributed by atoms with E-state index in [1.165, 1.54) is 0 Å². The van der Waals surface area contributed by atoms with Gasteiger partial charge in [0.25, 0.3) is 10.0 Å². The summed E-state index contributed by atoms with van der Waals surface area (Å²) in [6.07, 6.45) is 2.24. The number of carbonyl (C=O) groups is 1. The summed E-state index contributed by atoms with van der Waals surface area (Å²) in [5.41, 5.74) is 2.42. The number of benzene rings is 1. The topological polar surface area (TPSA) is 100 Å². The summed E-state index contributed by atoms with van der Waals surface area (Å²) < 4.78 is 34.5. The van der Waals surface area contributed by atoms with Crippen LogP contribution in [0.5, 0.6) is 0 Å². The monoisotopic (exact) mass is 434 g/mol. The molecule has 1 fully saturated rings. The number of amides is 2. The lowest BCUT2D eigenvalue weighted by Crippen LogP contribution is -2.49. The molecule has 9 heteroatoms. The second-order valence-corrected chi connectivity index (χ2v) is 9.26. The van der Waals surface area contributed by atoms with Gasteiger partial charge in [-0.25, -0.2) is 4.79 Å². The molecule has 0 spiro atoms. The first-order valence-corrected chi connectivity index (χ1v) is 11.7. The summed E-state index contributed by atoms with van der Waals surface area (Å²) in [5.74, 6) is 0.521. The van der Waals surface area contributed by atoms with Crippen LogP contribution in [0.4, 0.5) is 4.79 Å². The molecule has 30 heavy (non-hydrogen) atoms. The Balaban J connectivity index is 1.60. The van der Waals surface area contributed by atoms with Crippen molar-refractivity contribution in [3.05, 3.63) is 41.0 Å². The molecular weight excluding hydrogens is 404 g/mol. The number of piperidine rings is 1. The van der Waals surface area contributed by atoms with Crippen LogP contribution < -0.4 is 10.6 Å². The average Bonchev–Trinajstić information content (AvgIpc) is 2.95. The predicted molar refractivity (Wildman–Crippen MR) is 118 cm³/mol. The van der Waals surface area contributed by atoms with Crippen LogP contribution in [0.3, 0.4) is 0 Å². The van der Waals surface area contributed by atoms with E-state index in [9.17, 15) is 13.2 Å². The van der Waals surface area contributed by atoms with Crippen LogP contribution in [0.1, 0.15) is 37.3 Å². The molecule has 2 N–H and O–H groups in total. The number of rotatable bonds is 6. The van der Waals surface area contributed by atoms with Crippen molar-refractivity contribution < 1.29 is 17.9 Å². The highest BCUT2D eigenvalue weighted by molar-refractivity contribution is 8.00. The Labute approximate surface area is 178 Å². The van der Waals surface area contributed by atoms with Crippen LogP contribution in [0.25, 0.3) is 4.91 Å². The maximum Gasteiger partial charge on any atom is 0.315 e. The summed E-state index contributed by atoms with van der Waals surface area (Å²) >= 11 is 0. The van der Waals surface area contributed by atoms with Gasteiger partial charge in [-0.3, -0.25) is 0 Å². The van der Waals surface area contributed by atoms with Crippen molar-refractivity contribution in [2.75, 3.05) is 33.4 Å². The van der Waals surface area contributed by atoms with Gasteiger partial charge in [0.05, 0.1) is 0 Å². The molecular formula is C21H30N4O4S. The van der Waals surface area contributed by atoms with Gasteiger partial charge < -0.3 is 20.3 Å². The van der Waals surface area contributed by atoms with Crippen molar-refractivity contribution >= 4 is 26.8 Å². The highest BCUT2D eigenvalue weighted by atomic mass is 32.2. The van der Waals surface area contributed by atoms with Gasteiger partial charge in [-0.15, -0.1) is 4.40 Å². The zero-order chi connectivity index (χ0) is 21.7. The predicted octanol–water partition coefficient (Wildman–Crippen LogP) is 2.27. The third-order valence-corrected chi connectivity index (χ3v) is 6.87. The lowest BCUT2D eigenvalue weighted by molar-refractivity contribution is 0.192. The van der Waals surface area contributed by atoms with E-state index in [0.29, 0.717) is 43.2 Å². The average molecular weight is 435 g/mol. The summed E-state index contributed by atoms with van der Waals surface area (Å²) in [5, 5.41) is 5.81. The normalized spacial score (nSPS) is 19.0. The van der Waals surface area contributed by atoms with Gasteiger partial charge in [-0.2, -0.15) is 8.42 Å². The van der Waals surface area contributed by atoms with E-state index in [2.05, 4.69) is 15.0 Å². The Bertz CT molecular complexity index is 930. The molecule has 0 saturated carbocycles. The molecule has 164 valence electrons. The SMILES string of the molecule is COCCCNC(=O)NC1CCN(C2=NS(=O)(=O)C(c3ccc(C)cc3)=C2C)CC1. The van der Waals surface area contributed by atoms with Gasteiger partial charge >= 0.3 is 6.03 Å². The molecule has 0 aromatic heterocycles. The minimum atomic E-state index is -3.71. The first kappa shape index (κ1) is 22.3. The molecule has 1 aromatic rings. The van der Waals surface area contributed by atoms with E-state index in [0.717, 1.165) is 24.8 Å². The van der Waals surface area contributed by atoms with Crippen molar-refractivity contribution in [3.8, 4) is 0 Å². The number of methoxy groups -OCH3 is 1. The van der Waals surface area contributed by atoms with Crippen LogP contribution >= 0.6 is 0 Å². The van der Waals surface area contributed by atoms with Gasteiger partial charge in [0.1, 0.15) is 10.7 Å².